The van der Waals surface area contributed by atoms with E-state index < -0.39 is 0 Å². The molecule has 0 radical (unpaired) electrons. The summed E-state index contributed by atoms with van der Waals surface area (Å²) in [6, 6.07) is 2.36. The predicted octanol–water partition coefficient (Wildman–Crippen LogP) is 1.13. The van der Waals surface area contributed by atoms with Gasteiger partial charge >= 0.3 is 0 Å². The van der Waals surface area contributed by atoms with Gasteiger partial charge in [-0.2, -0.15) is 0 Å². The number of rotatable bonds is 3. The molecule has 1 unspecified atom stereocenters. The third kappa shape index (κ3) is 2.27. The van der Waals surface area contributed by atoms with Crippen LogP contribution in [0.4, 0.5) is 11.6 Å². The van der Waals surface area contributed by atoms with E-state index in [0.29, 0.717) is 11.9 Å². The lowest BCUT2D eigenvalue weighted by molar-refractivity contribution is 0.0974. The van der Waals surface area contributed by atoms with Crippen LogP contribution in [-0.2, 0) is 6.42 Å². The number of aryl methyl sites for hydroxylation is 1. The zero-order valence-corrected chi connectivity index (χ0v) is 10.9. The van der Waals surface area contributed by atoms with Crippen molar-refractivity contribution in [3.05, 3.63) is 11.9 Å². The van der Waals surface area contributed by atoms with Crippen LogP contribution in [-0.4, -0.2) is 40.5 Å². The van der Waals surface area contributed by atoms with E-state index >= 15 is 0 Å². The number of anilines is 2. The molecule has 1 aromatic rings. The van der Waals surface area contributed by atoms with Crippen molar-refractivity contribution >= 4 is 11.6 Å². The van der Waals surface area contributed by atoms with E-state index in [1.165, 1.54) is 25.9 Å². The molecule has 0 spiro atoms. The summed E-state index contributed by atoms with van der Waals surface area (Å²) >= 11 is 0. The SMILES string of the molecule is CCc1nc(N)cc(NC2CN3CCC2CC3)n1. The van der Waals surface area contributed by atoms with Crippen LogP contribution < -0.4 is 11.1 Å². The molecule has 3 N–H and O–H groups in total. The average Bonchev–Trinajstić information content (AvgIpc) is 2.39. The van der Waals surface area contributed by atoms with E-state index in [2.05, 4.69) is 20.2 Å². The topological polar surface area (TPSA) is 67.1 Å². The molecule has 3 saturated heterocycles. The van der Waals surface area contributed by atoms with Crippen LogP contribution in [0, 0.1) is 5.92 Å². The minimum atomic E-state index is 0.520. The highest BCUT2D eigenvalue weighted by atomic mass is 15.2. The summed E-state index contributed by atoms with van der Waals surface area (Å²) < 4.78 is 0. The summed E-state index contributed by atoms with van der Waals surface area (Å²) in [5, 5.41) is 3.56. The molecule has 4 rings (SSSR count). The highest BCUT2D eigenvalue weighted by Gasteiger charge is 2.34. The van der Waals surface area contributed by atoms with Gasteiger partial charge in [0.25, 0.3) is 0 Å². The molecule has 5 nitrogen and oxygen atoms in total. The molecule has 0 aliphatic carbocycles. The molecule has 1 atom stereocenters. The second-order valence-corrected chi connectivity index (χ2v) is 5.34. The molecule has 3 fully saturated rings. The maximum Gasteiger partial charge on any atom is 0.132 e. The molecular formula is C13H21N5. The third-order valence-corrected chi connectivity index (χ3v) is 4.10. The second kappa shape index (κ2) is 4.72. The lowest BCUT2D eigenvalue weighted by atomic mass is 9.84. The van der Waals surface area contributed by atoms with Crippen molar-refractivity contribution in [2.24, 2.45) is 5.92 Å². The number of nitrogens with zero attached hydrogens (tertiary/aromatic N) is 3. The fourth-order valence-electron chi connectivity index (χ4n) is 3.07. The minimum absolute atomic E-state index is 0.520. The van der Waals surface area contributed by atoms with Crippen LogP contribution in [0.15, 0.2) is 6.07 Å². The van der Waals surface area contributed by atoms with Gasteiger partial charge in [-0.25, -0.2) is 9.97 Å². The maximum absolute atomic E-state index is 5.81. The largest absolute Gasteiger partial charge is 0.384 e. The first-order valence-electron chi connectivity index (χ1n) is 6.87. The smallest absolute Gasteiger partial charge is 0.132 e. The molecule has 3 aliphatic rings. The van der Waals surface area contributed by atoms with E-state index in [1.807, 2.05) is 13.0 Å². The van der Waals surface area contributed by atoms with Gasteiger partial charge in [-0.3, -0.25) is 0 Å². The molecule has 0 saturated carbocycles. The van der Waals surface area contributed by atoms with Gasteiger partial charge < -0.3 is 16.0 Å². The number of nitrogens with two attached hydrogens (primary N) is 1. The summed E-state index contributed by atoms with van der Waals surface area (Å²) in [6.07, 6.45) is 3.43. The van der Waals surface area contributed by atoms with Crippen molar-refractivity contribution < 1.29 is 0 Å². The molecule has 1 aromatic heterocycles. The number of nitrogens with one attached hydrogen (secondary N) is 1. The summed E-state index contributed by atoms with van der Waals surface area (Å²) in [7, 11) is 0. The van der Waals surface area contributed by atoms with E-state index in [4.69, 9.17) is 5.73 Å². The molecule has 5 heteroatoms. The van der Waals surface area contributed by atoms with Gasteiger partial charge in [-0.1, -0.05) is 6.92 Å². The Morgan fingerprint density at radius 2 is 2.17 bits per heavy atom. The first kappa shape index (κ1) is 11.7. The highest BCUT2D eigenvalue weighted by molar-refractivity contribution is 5.45. The summed E-state index contributed by atoms with van der Waals surface area (Å²) in [5.74, 6) is 3.05. The average molecular weight is 247 g/mol. The Morgan fingerprint density at radius 1 is 1.39 bits per heavy atom. The number of piperidine rings is 3. The Balaban J connectivity index is 1.74. The maximum atomic E-state index is 5.81. The molecule has 0 aromatic carbocycles. The number of hydrogen-bond acceptors (Lipinski definition) is 5. The van der Waals surface area contributed by atoms with Crippen molar-refractivity contribution in [1.82, 2.24) is 14.9 Å². The molecular weight excluding hydrogens is 226 g/mol. The van der Waals surface area contributed by atoms with Gasteiger partial charge in [0.2, 0.25) is 0 Å². The lowest BCUT2D eigenvalue weighted by Crippen LogP contribution is -2.53. The van der Waals surface area contributed by atoms with E-state index in [-0.39, 0.29) is 0 Å². The first-order chi connectivity index (χ1) is 8.74. The minimum Gasteiger partial charge on any atom is -0.384 e. The zero-order chi connectivity index (χ0) is 12.5. The fraction of sp³-hybridized carbons (Fsp3) is 0.692. The molecule has 3 aliphatic heterocycles. The van der Waals surface area contributed by atoms with E-state index in [0.717, 1.165) is 30.5 Å². The first-order valence-corrected chi connectivity index (χ1v) is 6.87. The molecule has 0 amide bonds. The van der Waals surface area contributed by atoms with Gasteiger partial charge in [0.15, 0.2) is 0 Å². The monoisotopic (exact) mass is 247 g/mol. The van der Waals surface area contributed by atoms with Crippen molar-refractivity contribution in [1.29, 1.82) is 0 Å². The third-order valence-electron chi connectivity index (χ3n) is 4.10. The predicted molar refractivity (Wildman–Crippen MR) is 72.4 cm³/mol. The van der Waals surface area contributed by atoms with Gasteiger partial charge in [-0.15, -0.1) is 0 Å². The Labute approximate surface area is 108 Å². The van der Waals surface area contributed by atoms with E-state index in [1.54, 1.807) is 0 Å². The highest BCUT2D eigenvalue weighted by Crippen LogP contribution is 2.29. The quantitative estimate of drug-likeness (QED) is 0.838. The normalized spacial score (nSPS) is 30.4. The molecule has 4 heterocycles. The summed E-state index contributed by atoms with van der Waals surface area (Å²) in [6.45, 7) is 5.70. The van der Waals surface area contributed by atoms with Gasteiger partial charge in [0.1, 0.15) is 17.5 Å². The van der Waals surface area contributed by atoms with E-state index in [9.17, 15) is 0 Å². The van der Waals surface area contributed by atoms with Crippen LogP contribution in [0.5, 0.6) is 0 Å². The Kier molecular flexibility index (Phi) is 3.07. The van der Waals surface area contributed by atoms with Crippen molar-refractivity contribution in [2.75, 3.05) is 30.7 Å². The number of nitrogen functional groups attached to an aromatic ring is 1. The summed E-state index contributed by atoms with van der Waals surface area (Å²) in [4.78, 5) is 11.2. The standard InChI is InChI=1S/C13H21N5/c1-2-12-16-11(14)7-13(17-12)15-10-8-18-5-3-9(10)4-6-18/h7,9-10H,2-6,8H2,1H3,(H3,14,15,16,17). The number of aromatic nitrogens is 2. The van der Waals surface area contributed by atoms with Crippen LogP contribution in [0.1, 0.15) is 25.6 Å². The second-order valence-electron chi connectivity index (χ2n) is 5.34. The zero-order valence-electron chi connectivity index (χ0n) is 10.9. The number of fused-ring (bicyclic) bond motifs is 3. The van der Waals surface area contributed by atoms with Crippen molar-refractivity contribution in [3.8, 4) is 0 Å². The Bertz CT molecular complexity index is 425. The van der Waals surface area contributed by atoms with Gasteiger partial charge in [0, 0.05) is 25.1 Å². The van der Waals surface area contributed by atoms with Crippen molar-refractivity contribution in [2.45, 2.75) is 32.2 Å². The fourth-order valence-corrected chi connectivity index (χ4v) is 3.07. The lowest BCUT2D eigenvalue weighted by Gasteiger charge is -2.45. The van der Waals surface area contributed by atoms with Crippen LogP contribution in [0.3, 0.4) is 0 Å². The van der Waals surface area contributed by atoms with Gasteiger partial charge in [-0.05, 0) is 31.8 Å². The molecule has 98 valence electrons. The van der Waals surface area contributed by atoms with Crippen LogP contribution in [0.2, 0.25) is 0 Å². The summed E-state index contributed by atoms with van der Waals surface area (Å²) in [5.41, 5.74) is 5.81. The number of hydrogen-bond donors (Lipinski definition) is 2. The van der Waals surface area contributed by atoms with Crippen molar-refractivity contribution in [3.63, 3.8) is 0 Å². The van der Waals surface area contributed by atoms with Crippen LogP contribution >= 0.6 is 0 Å². The molecule has 2 bridgehead atoms. The van der Waals surface area contributed by atoms with Crippen LogP contribution in [0.25, 0.3) is 0 Å². The Hall–Kier alpha value is -1.36. The molecule has 18 heavy (non-hydrogen) atoms. The van der Waals surface area contributed by atoms with Gasteiger partial charge in [0.05, 0.1) is 0 Å². The Morgan fingerprint density at radius 3 is 2.78 bits per heavy atom.